The summed E-state index contributed by atoms with van der Waals surface area (Å²) < 4.78 is 0. The van der Waals surface area contributed by atoms with Crippen molar-refractivity contribution >= 4 is 0 Å². The summed E-state index contributed by atoms with van der Waals surface area (Å²) in [6.45, 7) is 17.6. The van der Waals surface area contributed by atoms with Crippen LogP contribution in [-0.2, 0) is 0 Å². The Morgan fingerprint density at radius 1 is 0.700 bits per heavy atom. The molecule has 0 aliphatic heterocycles. The van der Waals surface area contributed by atoms with E-state index in [1.54, 1.807) is 5.57 Å². The van der Waals surface area contributed by atoms with Crippen LogP contribution in [0.2, 0.25) is 0 Å². The monoisotopic (exact) mass is 402 g/mol. The van der Waals surface area contributed by atoms with Gasteiger partial charge in [-0.05, 0) is 71.8 Å². The Labute approximate surface area is 186 Å². The van der Waals surface area contributed by atoms with Crippen molar-refractivity contribution in [2.45, 2.75) is 74.7 Å². The van der Waals surface area contributed by atoms with Crippen molar-refractivity contribution in [1.29, 1.82) is 0 Å². The lowest BCUT2D eigenvalue weighted by Crippen LogP contribution is -2.19. The van der Waals surface area contributed by atoms with Crippen LogP contribution < -0.4 is 0 Å². The number of allylic oxidation sites excluding steroid dienone is 18. The van der Waals surface area contributed by atoms with E-state index in [4.69, 9.17) is 0 Å². The molecule has 0 spiro atoms. The van der Waals surface area contributed by atoms with Gasteiger partial charge in [-0.3, -0.25) is 0 Å². The molecule has 0 fully saturated rings. The van der Waals surface area contributed by atoms with Gasteiger partial charge in [-0.2, -0.15) is 0 Å². The summed E-state index contributed by atoms with van der Waals surface area (Å²) >= 11 is 0. The zero-order valence-corrected chi connectivity index (χ0v) is 20.5. The van der Waals surface area contributed by atoms with Crippen LogP contribution in [0.4, 0.5) is 0 Å². The van der Waals surface area contributed by atoms with Crippen molar-refractivity contribution < 1.29 is 0 Å². The third-order valence-electron chi connectivity index (χ3n) is 5.39. The van der Waals surface area contributed by atoms with Crippen molar-refractivity contribution in [2.75, 3.05) is 0 Å². The van der Waals surface area contributed by atoms with Gasteiger partial charge in [-0.25, -0.2) is 0 Å². The molecule has 0 amide bonds. The van der Waals surface area contributed by atoms with Crippen LogP contribution in [0.3, 0.4) is 0 Å². The molecule has 0 saturated carbocycles. The van der Waals surface area contributed by atoms with Crippen molar-refractivity contribution in [2.24, 2.45) is 5.41 Å². The highest BCUT2D eigenvalue weighted by molar-refractivity contribution is 5.37. The minimum atomic E-state index is 0.300. The minimum Gasteiger partial charge on any atom is -0.0764 e. The van der Waals surface area contributed by atoms with Crippen LogP contribution >= 0.6 is 0 Å². The van der Waals surface area contributed by atoms with E-state index in [-0.39, 0.29) is 0 Å². The molecule has 1 aliphatic rings. The van der Waals surface area contributed by atoms with Gasteiger partial charge in [0.1, 0.15) is 0 Å². The van der Waals surface area contributed by atoms with Gasteiger partial charge >= 0.3 is 0 Å². The van der Waals surface area contributed by atoms with E-state index < -0.39 is 0 Å². The molecular weight excluding hydrogens is 360 g/mol. The van der Waals surface area contributed by atoms with Crippen molar-refractivity contribution in [3.8, 4) is 0 Å². The van der Waals surface area contributed by atoms with Gasteiger partial charge in [-0.1, -0.05) is 115 Å². The van der Waals surface area contributed by atoms with Crippen molar-refractivity contribution in [3.63, 3.8) is 0 Å². The van der Waals surface area contributed by atoms with E-state index in [9.17, 15) is 0 Å². The summed E-state index contributed by atoms with van der Waals surface area (Å²) in [5, 5.41) is 0. The predicted molar refractivity (Wildman–Crippen MR) is 138 cm³/mol. The quantitative estimate of drug-likeness (QED) is 0.354. The second kappa shape index (κ2) is 13.1. The van der Waals surface area contributed by atoms with Gasteiger partial charge in [0.15, 0.2) is 0 Å². The van der Waals surface area contributed by atoms with E-state index in [1.807, 2.05) is 0 Å². The molecule has 0 aromatic heterocycles. The van der Waals surface area contributed by atoms with Crippen LogP contribution in [0.1, 0.15) is 74.7 Å². The van der Waals surface area contributed by atoms with Crippen LogP contribution in [0.25, 0.3) is 0 Å². The average molecular weight is 403 g/mol. The molecule has 0 N–H and O–H groups in total. The highest BCUT2D eigenvalue weighted by Gasteiger charge is 2.26. The average Bonchev–Trinajstić information content (AvgIpc) is 2.64. The Kier molecular flexibility index (Phi) is 11.2. The zero-order valence-electron chi connectivity index (χ0n) is 20.5. The molecule has 0 radical (unpaired) electrons. The minimum absolute atomic E-state index is 0.300. The molecule has 0 heteroatoms. The molecule has 0 aromatic rings. The molecule has 1 aliphatic carbocycles. The summed E-state index contributed by atoms with van der Waals surface area (Å²) in [7, 11) is 0. The van der Waals surface area contributed by atoms with E-state index >= 15 is 0 Å². The lowest BCUT2D eigenvalue weighted by Gasteiger charge is -2.32. The molecule has 1 rings (SSSR count). The maximum Gasteiger partial charge on any atom is -0.0104 e. The largest absolute Gasteiger partial charge is 0.0764 e. The Balaban J connectivity index is 2.65. The summed E-state index contributed by atoms with van der Waals surface area (Å²) in [5.41, 5.74) is 8.43. The normalized spacial score (nSPS) is 19.1. The fourth-order valence-corrected chi connectivity index (χ4v) is 3.55. The Bertz CT molecular complexity index is 832. The summed E-state index contributed by atoms with van der Waals surface area (Å²) in [5.74, 6) is 0. The van der Waals surface area contributed by atoms with Crippen molar-refractivity contribution in [1.82, 2.24) is 0 Å². The van der Waals surface area contributed by atoms with Gasteiger partial charge in [0.05, 0.1) is 0 Å². The fourth-order valence-electron chi connectivity index (χ4n) is 3.55. The lowest BCUT2D eigenvalue weighted by atomic mass is 9.72. The van der Waals surface area contributed by atoms with E-state index in [1.165, 1.54) is 47.1 Å². The highest BCUT2D eigenvalue weighted by Crippen LogP contribution is 2.40. The standard InChI is InChI=1S/C30H42/c1-24(2)14-11-17-25(3)15-9-10-16-26(4)18-12-19-27(5)21-22-29-28(6)20-13-23-30(29,7)8/h9-12,14-19,21-22H,13,20,23H2,1-8H3/b10-9-,17-11-,18-12-,22-21+,25-15-,26-16+,27-19+. The smallest absolute Gasteiger partial charge is 0.0104 e. The number of hydrogen-bond acceptors (Lipinski definition) is 0. The summed E-state index contributed by atoms with van der Waals surface area (Å²) in [4.78, 5) is 0. The molecular formula is C30H42. The summed E-state index contributed by atoms with van der Waals surface area (Å²) in [6.07, 6.45) is 29.7. The fraction of sp³-hybridized carbons (Fsp3) is 0.400. The van der Waals surface area contributed by atoms with Crippen LogP contribution in [0.15, 0.2) is 106 Å². The van der Waals surface area contributed by atoms with Crippen LogP contribution in [0, 0.1) is 5.41 Å². The molecule has 0 nitrogen and oxygen atoms in total. The first-order chi connectivity index (χ1) is 14.1. The Hall–Kier alpha value is -2.34. The third-order valence-corrected chi connectivity index (χ3v) is 5.39. The summed E-state index contributed by atoms with van der Waals surface area (Å²) in [6, 6.07) is 0. The first-order valence-electron chi connectivity index (χ1n) is 11.2. The highest BCUT2D eigenvalue weighted by atomic mass is 14.3. The first kappa shape index (κ1) is 25.7. The molecule has 0 atom stereocenters. The second-order valence-corrected chi connectivity index (χ2v) is 9.34. The number of rotatable bonds is 8. The van der Waals surface area contributed by atoms with Crippen LogP contribution in [-0.4, -0.2) is 0 Å². The molecule has 0 heterocycles. The van der Waals surface area contributed by atoms with Gasteiger partial charge in [0.25, 0.3) is 0 Å². The van der Waals surface area contributed by atoms with Gasteiger partial charge in [0, 0.05) is 0 Å². The molecule has 0 unspecified atom stereocenters. The van der Waals surface area contributed by atoms with Gasteiger partial charge < -0.3 is 0 Å². The first-order valence-corrected chi connectivity index (χ1v) is 11.2. The second-order valence-electron chi connectivity index (χ2n) is 9.34. The maximum absolute atomic E-state index is 2.37. The van der Waals surface area contributed by atoms with E-state index in [0.717, 1.165) is 0 Å². The molecule has 0 saturated heterocycles. The van der Waals surface area contributed by atoms with E-state index in [0.29, 0.717) is 5.41 Å². The lowest BCUT2D eigenvalue weighted by molar-refractivity contribution is 0.377. The molecule has 0 aromatic carbocycles. The molecule has 162 valence electrons. The number of hydrogen-bond donors (Lipinski definition) is 0. The maximum atomic E-state index is 2.37. The Morgan fingerprint density at radius 2 is 1.20 bits per heavy atom. The van der Waals surface area contributed by atoms with E-state index in [2.05, 4.69) is 128 Å². The Morgan fingerprint density at radius 3 is 1.73 bits per heavy atom. The van der Waals surface area contributed by atoms with Gasteiger partial charge in [0.2, 0.25) is 0 Å². The topological polar surface area (TPSA) is 0 Å². The van der Waals surface area contributed by atoms with Crippen LogP contribution in [0.5, 0.6) is 0 Å². The van der Waals surface area contributed by atoms with Crippen molar-refractivity contribution in [3.05, 3.63) is 106 Å². The SMILES string of the molecule is CC(C)=C\C=C/C(C)=C\C=C/C=C(C)/C=C\C=C(C)\C=C\C1=C(C)CCCC1(C)C. The molecule has 0 bridgehead atoms. The zero-order chi connectivity index (χ0) is 22.6. The molecule has 30 heavy (non-hydrogen) atoms. The third kappa shape index (κ3) is 10.4. The van der Waals surface area contributed by atoms with Gasteiger partial charge in [-0.15, -0.1) is 0 Å². The predicted octanol–water partition coefficient (Wildman–Crippen LogP) is 9.54.